The van der Waals surface area contributed by atoms with E-state index in [0.29, 0.717) is 35.8 Å². The summed E-state index contributed by atoms with van der Waals surface area (Å²) in [4.78, 5) is 31.0. The minimum atomic E-state index is -0.337. The van der Waals surface area contributed by atoms with Gasteiger partial charge in [0.2, 0.25) is 23.5 Å². The van der Waals surface area contributed by atoms with Crippen molar-refractivity contribution in [3.63, 3.8) is 0 Å². The topological polar surface area (TPSA) is 93.3 Å². The third kappa shape index (κ3) is 5.56. The molecule has 2 heterocycles. The van der Waals surface area contributed by atoms with Gasteiger partial charge in [-0.2, -0.15) is 4.98 Å². The van der Waals surface area contributed by atoms with Crippen LogP contribution >= 0.6 is 0 Å². The first-order chi connectivity index (χ1) is 16.9. The maximum Gasteiger partial charge on any atom is 0.242 e. The van der Waals surface area contributed by atoms with Crippen molar-refractivity contribution in [1.29, 1.82) is 0 Å². The van der Waals surface area contributed by atoms with Crippen molar-refractivity contribution in [2.45, 2.75) is 40.2 Å². The molecule has 4 aromatic rings. The summed E-state index contributed by atoms with van der Waals surface area (Å²) in [6.45, 7) is 7.25. The van der Waals surface area contributed by atoms with Crippen LogP contribution in [-0.2, 0) is 22.6 Å². The second-order valence-electron chi connectivity index (χ2n) is 8.31. The fourth-order valence-corrected chi connectivity index (χ4v) is 3.89. The van der Waals surface area contributed by atoms with Crippen LogP contribution in [0.4, 0.5) is 10.1 Å². The molecule has 0 saturated carbocycles. The monoisotopic (exact) mass is 477 g/mol. The Kier molecular flexibility index (Phi) is 7.24. The van der Waals surface area contributed by atoms with E-state index in [9.17, 15) is 14.0 Å². The Labute approximate surface area is 202 Å². The molecule has 0 atom stereocenters. The summed E-state index contributed by atoms with van der Waals surface area (Å²) in [5, 5.41) is 7.70. The number of fused-ring (bicyclic) bond motifs is 1. The normalized spacial score (nSPS) is 11.1. The molecule has 1 N–H and O–H groups in total. The van der Waals surface area contributed by atoms with Crippen molar-refractivity contribution in [1.82, 2.24) is 19.6 Å². The number of nitrogens with one attached hydrogen (secondary N) is 1. The summed E-state index contributed by atoms with van der Waals surface area (Å²) in [6.07, 6.45) is 2.30. The molecule has 8 nitrogen and oxygen atoms in total. The molecule has 0 aliphatic carbocycles. The Hall–Kier alpha value is -4.01. The lowest BCUT2D eigenvalue weighted by Gasteiger charge is -2.19. The predicted molar refractivity (Wildman–Crippen MR) is 131 cm³/mol. The maximum atomic E-state index is 13.8. The van der Waals surface area contributed by atoms with Crippen LogP contribution < -0.4 is 5.32 Å². The average molecular weight is 478 g/mol. The van der Waals surface area contributed by atoms with Gasteiger partial charge in [0.15, 0.2) is 0 Å². The highest BCUT2D eigenvalue weighted by molar-refractivity contribution is 5.94. The molecular formula is C26H28FN5O3. The van der Waals surface area contributed by atoms with E-state index < -0.39 is 0 Å². The van der Waals surface area contributed by atoms with Gasteiger partial charge in [0.1, 0.15) is 12.4 Å². The molecule has 2 aromatic heterocycles. The lowest BCUT2D eigenvalue weighted by atomic mass is 10.1. The van der Waals surface area contributed by atoms with E-state index in [1.165, 1.54) is 6.07 Å². The van der Waals surface area contributed by atoms with Crippen molar-refractivity contribution in [2.75, 3.05) is 18.4 Å². The highest BCUT2D eigenvalue weighted by Gasteiger charge is 2.14. The number of likely N-dealkylation sites (N-methyl/N-ethyl adjacent to an activating group) is 1. The molecule has 0 unspecified atom stereocenters. The fraction of sp³-hybridized carbons (Fsp3) is 0.308. The van der Waals surface area contributed by atoms with E-state index >= 15 is 0 Å². The molecule has 182 valence electrons. The van der Waals surface area contributed by atoms with Crippen molar-refractivity contribution in [2.24, 2.45) is 0 Å². The molecule has 0 saturated heterocycles. The number of carbonyl (C=O) groups is 2. The third-order valence-corrected chi connectivity index (χ3v) is 5.94. The number of benzene rings is 2. The molecule has 9 heteroatoms. The smallest absolute Gasteiger partial charge is 0.242 e. The minimum absolute atomic E-state index is 0.0709. The van der Waals surface area contributed by atoms with Crippen LogP contribution in [0.1, 0.15) is 31.7 Å². The van der Waals surface area contributed by atoms with Crippen molar-refractivity contribution in [3.8, 4) is 11.4 Å². The standard InChI is InChI=1S/C26H28FN5O3/c1-4-31(5-2)25(34)16-32-13-12-18-14-20(8-9-22(18)32)28-23(33)10-11-24-29-26(30-35-24)19-7-6-17(3)21(27)15-19/h6-9,12-15H,4-5,10-11,16H2,1-3H3,(H,28,33). The van der Waals surface area contributed by atoms with E-state index in [2.05, 4.69) is 15.5 Å². The zero-order valence-corrected chi connectivity index (χ0v) is 20.0. The van der Waals surface area contributed by atoms with Gasteiger partial charge in [0, 0.05) is 54.3 Å². The molecule has 2 amide bonds. The summed E-state index contributed by atoms with van der Waals surface area (Å²) in [5.41, 5.74) is 2.65. The van der Waals surface area contributed by atoms with E-state index in [0.717, 1.165) is 10.9 Å². The number of hydrogen-bond acceptors (Lipinski definition) is 5. The summed E-state index contributed by atoms with van der Waals surface area (Å²) in [5.74, 6) is 0.134. The number of anilines is 1. The Morgan fingerprint density at radius 2 is 1.91 bits per heavy atom. The minimum Gasteiger partial charge on any atom is -0.342 e. The number of nitrogens with zero attached hydrogens (tertiary/aromatic N) is 4. The van der Waals surface area contributed by atoms with Crippen LogP contribution in [0.2, 0.25) is 0 Å². The van der Waals surface area contributed by atoms with Crippen LogP contribution in [0, 0.1) is 12.7 Å². The van der Waals surface area contributed by atoms with Crippen LogP contribution in [0.15, 0.2) is 53.2 Å². The number of amides is 2. The van der Waals surface area contributed by atoms with Crippen molar-refractivity contribution >= 4 is 28.4 Å². The number of hydrogen-bond donors (Lipinski definition) is 1. The van der Waals surface area contributed by atoms with Gasteiger partial charge in [-0.3, -0.25) is 9.59 Å². The Morgan fingerprint density at radius 1 is 1.11 bits per heavy atom. The molecule has 0 bridgehead atoms. The zero-order chi connectivity index (χ0) is 24.9. The van der Waals surface area contributed by atoms with Gasteiger partial charge in [-0.25, -0.2) is 4.39 Å². The molecule has 2 aromatic carbocycles. The van der Waals surface area contributed by atoms with Crippen molar-refractivity contribution in [3.05, 3.63) is 65.9 Å². The highest BCUT2D eigenvalue weighted by Crippen LogP contribution is 2.22. The van der Waals surface area contributed by atoms with Gasteiger partial charge in [-0.1, -0.05) is 17.3 Å². The summed E-state index contributed by atoms with van der Waals surface area (Å²) in [6, 6.07) is 12.3. The average Bonchev–Trinajstić information content (AvgIpc) is 3.47. The zero-order valence-electron chi connectivity index (χ0n) is 20.0. The van der Waals surface area contributed by atoms with Gasteiger partial charge < -0.3 is 19.3 Å². The van der Waals surface area contributed by atoms with Gasteiger partial charge >= 0.3 is 0 Å². The van der Waals surface area contributed by atoms with Gasteiger partial charge in [-0.05, 0) is 56.7 Å². The number of aryl methyl sites for hydroxylation is 2. The number of aromatic nitrogens is 3. The quantitative estimate of drug-likeness (QED) is 0.381. The first kappa shape index (κ1) is 24.1. The summed E-state index contributed by atoms with van der Waals surface area (Å²) < 4.78 is 20.9. The summed E-state index contributed by atoms with van der Waals surface area (Å²) >= 11 is 0. The Morgan fingerprint density at radius 3 is 2.66 bits per heavy atom. The first-order valence-electron chi connectivity index (χ1n) is 11.6. The first-order valence-corrected chi connectivity index (χ1v) is 11.6. The highest BCUT2D eigenvalue weighted by atomic mass is 19.1. The van der Waals surface area contributed by atoms with Crippen LogP contribution in [0.25, 0.3) is 22.3 Å². The van der Waals surface area contributed by atoms with E-state index in [1.54, 1.807) is 24.0 Å². The molecule has 4 rings (SSSR count). The molecule has 0 radical (unpaired) electrons. The SMILES string of the molecule is CCN(CC)C(=O)Cn1ccc2cc(NC(=O)CCc3nc(-c4ccc(C)c(F)c4)no3)ccc21. The molecule has 0 aliphatic rings. The van der Waals surface area contributed by atoms with E-state index in [1.807, 2.05) is 48.9 Å². The lowest BCUT2D eigenvalue weighted by molar-refractivity contribution is -0.131. The van der Waals surface area contributed by atoms with Gasteiger partial charge in [0.05, 0.1) is 0 Å². The maximum absolute atomic E-state index is 13.8. The Bertz CT molecular complexity index is 1360. The number of rotatable bonds is 9. The molecule has 35 heavy (non-hydrogen) atoms. The number of halogens is 1. The summed E-state index contributed by atoms with van der Waals surface area (Å²) in [7, 11) is 0. The Balaban J connectivity index is 1.35. The van der Waals surface area contributed by atoms with Gasteiger partial charge in [0.25, 0.3) is 0 Å². The lowest BCUT2D eigenvalue weighted by Crippen LogP contribution is -2.33. The van der Waals surface area contributed by atoms with E-state index in [-0.39, 0.29) is 42.8 Å². The van der Waals surface area contributed by atoms with Crippen LogP contribution in [0.3, 0.4) is 0 Å². The molecular weight excluding hydrogens is 449 g/mol. The fourth-order valence-electron chi connectivity index (χ4n) is 3.89. The third-order valence-electron chi connectivity index (χ3n) is 5.94. The van der Waals surface area contributed by atoms with E-state index in [4.69, 9.17) is 4.52 Å². The van der Waals surface area contributed by atoms with Crippen molar-refractivity contribution < 1.29 is 18.5 Å². The molecule has 0 aliphatic heterocycles. The van der Waals surface area contributed by atoms with Crippen LogP contribution in [-0.4, -0.2) is 44.5 Å². The second kappa shape index (κ2) is 10.5. The largest absolute Gasteiger partial charge is 0.342 e. The van der Waals surface area contributed by atoms with Gasteiger partial charge in [-0.15, -0.1) is 0 Å². The predicted octanol–water partition coefficient (Wildman–Crippen LogP) is 4.58. The molecule has 0 fully saturated rings. The molecule has 0 spiro atoms. The number of carbonyl (C=O) groups excluding carboxylic acids is 2. The second-order valence-corrected chi connectivity index (χ2v) is 8.31. The van der Waals surface area contributed by atoms with Crippen LogP contribution in [0.5, 0.6) is 0 Å².